The maximum Gasteiger partial charge on any atom is 0.121 e. The van der Waals surface area contributed by atoms with Gasteiger partial charge in [-0.1, -0.05) is 18.2 Å². The molecule has 0 saturated carbocycles. The summed E-state index contributed by atoms with van der Waals surface area (Å²) in [6.45, 7) is 1.32. The Hall–Kier alpha value is -1.06. The van der Waals surface area contributed by atoms with Gasteiger partial charge in [-0.2, -0.15) is 0 Å². The molecule has 5 N–H and O–H groups in total. The molecule has 0 heterocycles. The van der Waals surface area contributed by atoms with Crippen LogP contribution in [0.2, 0.25) is 0 Å². The van der Waals surface area contributed by atoms with Crippen molar-refractivity contribution in [3.63, 3.8) is 0 Å². The predicted molar refractivity (Wildman–Crippen MR) is 62.9 cm³/mol. The van der Waals surface area contributed by atoms with Crippen molar-refractivity contribution < 1.29 is 5.11 Å². The number of aryl methyl sites for hydroxylation is 2. The van der Waals surface area contributed by atoms with Gasteiger partial charge in [0.05, 0.1) is 0 Å². The fraction of sp³-hybridized carbons (Fsp3) is 0.500. The van der Waals surface area contributed by atoms with Crippen molar-refractivity contribution >= 4 is 0 Å². The number of hydrogen-bond donors (Lipinski definition) is 3. The van der Waals surface area contributed by atoms with Crippen LogP contribution in [0.25, 0.3) is 0 Å². The SMILES string of the molecule is NCCCc1cccc(CCCN)c1O. The van der Waals surface area contributed by atoms with Gasteiger partial charge < -0.3 is 16.6 Å². The average Bonchev–Trinajstić information content (AvgIpc) is 2.26. The number of hydrogen-bond acceptors (Lipinski definition) is 3. The molecule has 15 heavy (non-hydrogen) atoms. The van der Waals surface area contributed by atoms with Gasteiger partial charge in [-0.25, -0.2) is 0 Å². The van der Waals surface area contributed by atoms with Crippen LogP contribution in [-0.4, -0.2) is 18.2 Å². The second-order valence-corrected chi connectivity index (χ2v) is 3.71. The third-order valence-corrected chi connectivity index (χ3v) is 2.50. The van der Waals surface area contributed by atoms with Gasteiger partial charge >= 0.3 is 0 Å². The largest absolute Gasteiger partial charge is 0.507 e. The number of benzene rings is 1. The first kappa shape index (κ1) is 12.0. The van der Waals surface area contributed by atoms with Crippen molar-refractivity contribution in [2.24, 2.45) is 11.5 Å². The highest BCUT2D eigenvalue weighted by atomic mass is 16.3. The van der Waals surface area contributed by atoms with E-state index < -0.39 is 0 Å². The van der Waals surface area contributed by atoms with Crippen molar-refractivity contribution in [2.75, 3.05) is 13.1 Å². The van der Waals surface area contributed by atoms with E-state index in [0.717, 1.165) is 36.8 Å². The van der Waals surface area contributed by atoms with Gasteiger partial charge in [0.1, 0.15) is 5.75 Å². The average molecular weight is 208 g/mol. The minimum absolute atomic E-state index is 0.430. The molecule has 0 bridgehead atoms. The number of para-hydroxylation sites is 1. The fourth-order valence-electron chi connectivity index (χ4n) is 1.63. The maximum absolute atomic E-state index is 9.96. The van der Waals surface area contributed by atoms with Crippen LogP contribution in [0.1, 0.15) is 24.0 Å². The zero-order chi connectivity index (χ0) is 11.1. The van der Waals surface area contributed by atoms with Crippen LogP contribution in [-0.2, 0) is 12.8 Å². The molecule has 0 fully saturated rings. The summed E-state index contributed by atoms with van der Waals surface area (Å²) in [5.74, 6) is 0.430. The van der Waals surface area contributed by atoms with E-state index in [0.29, 0.717) is 18.8 Å². The van der Waals surface area contributed by atoms with Crippen molar-refractivity contribution in [3.8, 4) is 5.75 Å². The Bertz CT molecular complexity index is 273. The number of phenols is 1. The molecule has 0 aliphatic carbocycles. The monoisotopic (exact) mass is 208 g/mol. The molecule has 84 valence electrons. The molecule has 0 spiro atoms. The summed E-state index contributed by atoms with van der Waals surface area (Å²) < 4.78 is 0. The van der Waals surface area contributed by atoms with Crippen LogP contribution >= 0.6 is 0 Å². The number of nitrogens with two attached hydrogens (primary N) is 2. The van der Waals surface area contributed by atoms with Crippen molar-refractivity contribution in [3.05, 3.63) is 29.3 Å². The molecule has 0 amide bonds. The third-order valence-electron chi connectivity index (χ3n) is 2.50. The van der Waals surface area contributed by atoms with Gasteiger partial charge in [0.25, 0.3) is 0 Å². The van der Waals surface area contributed by atoms with Gasteiger partial charge in [0.15, 0.2) is 0 Å². The van der Waals surface area contributed by atoms with Crippen LogP contribution < -0.4 is 11.5 Å². The number of aromatic hydroxyl groups is 1. The summed E-state index contributed by atoms with van der Waals surface area (Å²) in [6, 6.07) is 5.89. The molecular weight excluding hydrogens is 188 g/mol. The highest BCUT2D eigenvalue weighted by Gasteiger charge is 2.05. The van der Waals surface area contributed by atoms with Crippen LogP contribution in [0.15, 0.2) is 18.2 Å². The van der Waals surface area contributed by atoms with Crippen molar-refractivity contribution in [1.29, 1.82) is 0 Å². The Kier molecular flexibility index (Phi) is 5.15. The minimum Gasteiger partial charge on any atom is -0.507 e. The quantitative estimate of drug-likeness (QED) is 0.657. The molecule has 0 saturated heterocycles. The van der Waals surface area contributed by atoms with Crippen LogP contribution in [0.4, 0.5) is 0 Å². The Balaban J connectivity index is 2.71. The Morgan fingerprint density at radius 3 is 1.80 bits per heavy atom. The van der Waals surface area contributed by atoms with Gasteiger partial charge in [0.2, 0.25) is 0 Å². The molecular formula is C12H20N2O. The number of phenolic OH excluding ortho intramolecular Hbond substituents is 1. The molecule has 1 aromatic carbocycles. The van der Waals surface area contributed by atoms with Gasteiger partial charge in [-0.3, -0.25) is 0 Å². The summed E-state index contributed by atoms with van der Waals surface area (Å²) in [4.78, 5) is 0. The molecule has 0 unspecified atom stereocenters. The Labute approximate surface area is 91.1 Å². The second kappa shape index (κ2) is 6.43. The molecule has 0 aliphatic rings. The summed E-state index contributed by atoms with van der Waals surface area (Å²) in [6.07, 6.45) is 3.51. The van der Waals surface area contributed by atoms with Crippen LogP contribution in [0, 0.1) is 0 Å². The highest BCUT2D eigenvalue weighted by Crippen LogP contribution is 2.24. The van der Waals surface area contributed by atoms with Gasteiger partial charge in [-0.05, 0) is 49.9 Å². The lowest BCUT2D eigenvalue weighted by Crippen LogP contribution is -2.02. The van der Waals surface area contributed by atoms with E-state index in [2.05, 4.69) is 0 Å². The summed E-state index contributed by atoms with van der Waals surface area (Å²) in [5.41, 5.74) is 12.9. The zero-order valence-electron chi connectivity index (χ0n) is 9.08. The predicted octanol–water partition coefficient (Wildman–Crippen LogP) is 1.17. The van der Waals surface area contributed by atoms with Crippen LogP contribution in [0.5, 0.6) is 5.75 Å². The number of rotatable bonds is 6. The molecule has 3 heteroatoms. The maximum atomic E-state index is 9.96. The lowest BCUT2D eigenvalue weighted by atomic mass is 10.0. The third kappa shape index (κ3) is 3.53. The molecule has 0 radical (unpaired) electrons. The van der Waals surface area contributed by atoms with Gasteiger partial charge in [0, 0.05) is 0 Å². The Morgan fingerprint density at radius 1 is 0.933 bits per heavy atom. The second-order valence-electron chi connectivity index (χ2n) is 3.71. The van der Waals surface area contributed by atoms with E-state index in [1.165, 1.54) is 0 Å². The summed E-state index contributed by atoms with van der Waals surface area (Å²) >= 11 is 0. The lowest BCUT2D eigenvalue weighted by molar-refractivity contribution is 0.459. The normalized spacial score (nSPS) is 10.5. The molecule has 0 aromatic heterocycles. The van der Waals surface area contributed by atoms with Gasteiger partial charge in [-0.15, -0.1) is 0 Å². The van der Waals surface area contributed by atoms with Crippen LogP contribution in [0.3, 0.4) is 0 Å². The first-order valence-electron chi connectivity index (χ1n) is 5.49. The van der Waals surface area contributed by atoms with E-state index in [1.807, 2.05) is 18.2 Å². The van der Waals surface area contributed by atoms with Crippen molar-refractivity contribution in [1.82, 2.24) is 0 Å². The van der Waals surface area contributed by atoms with Crippen molar-refractivity contribution in [2.45, 2.75) is 25.7 Å². The molecule has 1 aromatic rings. The fourth-order valence-corrected chi connectivity index (χ4v) is 1.63. The molecule has 0 aliphatic heterocycles. The van der Waals surface area contributed by atoms with E-state index in [9.17, 15) is 5.11 Å². The van der Waals surface area contributed by atoms with E-state index in [4.69, 9.17) is 11.5 Å². The first-order chi connectivity index (χ1) is 7.29. The Morgan fingerprint density at radius 2 is 1.40 bits per heavy atom. The minimum atomic E-state index is 0.430. The topological polar surface area (TPSA) is 72.3 Å². The first-order valence-corrected chi connectivity index (χ1v) is 5.49. The molecule has 1 rings (SSSR count). The highest BCUT2D eigenvalue weighted by molar-refractivity contribution is 5.40. The van der Waals surface area contributed by atoms with E-state index in [-0.39, 0.29) is 0 Å². The zero-order valence-corrected chi connectivity index (χ0v) is 9.08. The molecule has 3 nitrogen and oxygen atoms in total. The van der Waals surface area contributed by atoms with E-state index in [1.54, 1.807) is 0 Å². The molecule has 0 atom stereocenters. The summed E-state index contributed by atoms with van der Waals surface area (Å²) in [5, 5.41) is 9.96. The summed E-state index contributed by atoms with van der Waals surface area (Å²) in [7, 11) is 0. The van der Waals surface area contributed by atoms with E-state index >= 15 is 0 Å². The standard InChI is InChI=1S/C12H20N2O/c13-8-2-6-10-4-1-5-11(12(10)15)7-3-9-14/h1,4-5,15H,2-3,6-9,13-14H2. The smallest absolute Gasteiger partial charge is 0.121 e. The lowest BCUT2D eigenvalue weighted by Gasteiger charge is -2.08.